The van der Waals surface area contributed by atoms with Crippen molar-refractivity contribution >= 4 is 21.6 Å². The topological polar surface area (TPSA) is 62.4 Å². The molecule has 2 aromatic rings. The number of nitrogens with zero attached hydrogens (tertiary/aromatic N) is 1. The summed E-state index contributed by atoms with van der Waals surface area (Å²) in [6.45, 7) is 7.74. The van der Waals surface area contributed by atoms with Crippen molar-refractivity contribution in [3.05, 3.63) is 26.6 Å². The second-order valence-corrected chi connectivity index (χ2v) is 8.09. The van der Waals surface area contributed by atoms with Crippen LogP contribution in [0.3, 0.4) is 0 Å². The number of H-pyrrole nitrogens is 1. The van der Waals surface area contributed by atoms with E-state index in [-0.39, 0.29) is 11.6 Å². The monoisotopic (exact) mass is 334 g/mol. The fourth-order valence-electron chi connectivity index (χ4n) is 3.45. The van der Waals surface area contributed by atoms with Crippen molar-refractivity contribution in [3.8, 4) is 0 Å². The molecule has 1 aliphatic rings. The summed E-state index contributed by atoms with van der Waals surface area (Å²) in [5, 5.41) is 3.15. The molecule has 0 amide bonds. The van der Waals surface area contributed by atoms with E-state index in [9.17, 15) is 4.79 Å². The van der Waals surface area contributed by atoms with E-state index in [1.807, 2.05) is 0 Å². The molecule has 0 unspecified atom stereocenters. The lowest BCUT2D eigenvalue weighted by Gasteiger charge is -2.17. The van der Waals surface area contributed by atoms with Gasteiger partial charge in [-0.3, -0.25) is 4.79 Å². The van der Waals surface area contributed by atoms with Gasteiger partial charge in [0.2, 0.25) is 0 Å². The Balaban J connectivity index is 1.85. The van der Waals surface area contributed by atoms with E-state index in [0.29, 0.717) is 0 Å². The van der Waals surface area contributed by atoms with E-state index in [2.05, 4.69) is 31.1 Å². The molecule has 3 rings (SSSR count). The van der Waals surface area contributed by atoms with Crippen LogP contribution in [0, 0.1) is 5.92 Å². The predicted molar refractivity (Wildman–Crippen MR) is 96.2 cm³/mol. The van der Waals surface area contributed by atoms with Crippen molar-refractivity contribution in [2.75, 3.05) is 6.54 Å². The van der Waals surface area contributed by atoms with Crippen LogP contribution in [-0.4, -0.2) is 16.5 Å². The average Bonchev–Trinajstić information content (AvgIpc) is 2.88. The van der Waals surface area contributed by atoms with Crippen LogP contribution >= 0.6 is 11.3 Å². The van der Waals surface area contributed by atoms with Crippen LogP contribution in [-0.2, 0) is 12.8 Å². The maximum atomic E-state index is 12.6. The molecule has 23 heavy (non-hydrogen) atoms. The van der Waals surface area contributed by atoms with Gasteiger partial charge in [-0.05, 0) is 50.5 Å². The average molecular weight is 335 g/mol. The van der Waals surface area contributed by atoms with E-state index in [1.54, 1.807) is 11.3 Å². The number of thiophene rings is 1. The quantitative estimate of drug-likeness (QED) is 0.798. The van der Waals surface area contributed by atoms with Gasteiger partial charge in [-0.1, -0.05) is 20.3 Å². The fourth-order valence-corrected chi connectivity index (χ4v) is 4.85. The van der Waals surface area contributed by atoms with E-state index in [0.717, 1.165) is 41.3 Å². The standard InChI is InChI=1S/C18H27N3OS/c1-4-5-6-9-19-12(3)16-20-17(22)15-13-8-7-11(2)10-14(13)23-18(15)21-16/h11-12,19H,4-10H2,1-3H3,(H,20,21,22)/p+1/t11-,12+/m0/s1. The van der Waals surface area contributed by atoms with Gasteiger partial charge in [-0.15, -0.1) is 11.3 Å². The number of nitrogens with two attached hydrogens (primary N) is 1. The third-order valence-electron chi connectivity index (χ3n) is 4.94. The molecule has 4 nitrogen and oxygen atoms in total. The summed E-state index contributed by atoms with van der Waals surface area (Å²) in [5.74, 6) is 1.55. The molecule has 1 aliphatic carbocycles. The molecule has 3 N–H and O–H groups in total. The van der Waals surface area contributed by atoms with Gasteiger partial charge < -0.3 is 10.3 Å². The number of aryl methyl sites for hydroxylation is 1. The predicted octanol–water partition coefficient (Wildman–Crippen LogP) is 2.92. The Labute approximate surface area is 141 Å². The lowest BCUT2D eigenvalue weighted by molar-refractivity contribution is -0.694. The van der Waals surface area contributed by atoms with Crippen molar-refractivity contribution in [1.29, 1.82) is 0 Å². The van der Waals surface area contributed by atoms with Crippen molar-refractivity contribution in [2.45, 2.75) is 65.3 Å². The van der Waals surface area contributed by atoms with Crippen molar-refractivity contribution in [3.63, 3.8) is 0 Å². The largest absolute Gasteiger partial charge is 0.338 e. The maximum Gasteiger partial charge on any atom is 0.260 e. The second kappa shape index (κ2) is 7.14. The Morgan fingerprint density at radius 3 is 3.04 bits per heavy atom. The first kappa shape index (κ1) is 16.7. The van der Waals surface area contributed by atoms with Gasteiger partial charge in [-0.25, -0.2) is 4.98 Å². The SMILES string of the molecule is CCCCC[NH2+][C@H](C)c1nc2sc3c(c2c(=O)[nH]1)CC[C@H](C)C3. The molecular weight excluding hydrogens is 306 g/mol. The van der Waals surface area contributed by atoms with Gasteiger partial charge in [0, 0.05) is 4.88 Å². The number of rotatable bonds is 6. The summed E-state index contributed by atoms with van der Waals surface area (Å²) in [6, 6.07) is 0.210. The zero-order chi connectivity index (χ0) is 16.4. The van der Waals surface area contributed by atoms with Crippen LogP contribution in [0.4, 0.5) is 0 Å². The van der Waals surface area contributed by atoms with Crippen LogP contribution < -0.4 is 10.9 Å². The number of hydrogen-bond donors (Lipinski definition) is 2. The lowest BCUT2D eigenvalue weighted by atomic mass is 9.89. The molecule has 2 aromatic heterocycles. The van der Waals surface area contributed by atoms with Crippen molar-refractivity contribution < 1.29 is 5.32 Å². The summed E-state index contributed by atoms with van der Waals surface area (Å²) in [5.41, 5.74) is 1.33. The van der Waals surface area contributed by atoms with Crippen molar-refractivity contribution in [1.82, 2.24) is 9.97 Å². The smallest absolute Gasteiger partial charge is 0.260 e. The number of hydrogen-bond acceptors (Lipinski definition) is 3. The Morgan fingerprint density at radius 1 is 1.43 bits per heavy atom. The highest BCUT2D eigenvalue weighted by molar-refractivity contribution is 7.18. The van der Waals surface area contributed by atoms with Crippen LogP contribution in [0.1, 0.15) is 68.8 Å². The molecule has 0 aliphatic heterocycles. The molecule has 2 atom stereocenters. The minimum Gasteiger partial charge on any atom is -0.338 e. The first-order chi connectivity index (χ1) is 11.1. The molecule has 0 radical (unpaired) electrons. The fraction of sp³-hybridized carbons (Fsp3) is 0.667. The molecule has 2 heterocycles. The molecule has 0 fully saturated rings. The lowest BCUT2D eigenvalue weighted by Crippen LogP contribution is -2.85. The molecule has 0 bridgehead atoms. The number of unbranched alkanes of at least 4 members (excludes halogenated alkanes) is 2. The van der Waals surface area contributed by atoms with Gasteiger partial charge in [0.1, 0.15) is 10.9 Å². The summed E-state index contributed by atoms with van der Waals surface area (Å²) in [7, 11) is 0. The number of aromatic nitrogens is 2. The Morgan fingerprint density at radius 2 is 2.26 bits per heavy atom. The molecular formula is C18H28N3OS+. The van der Waals surface area contributed by atoms with Gasteiger partial charge in [0.15, 0.2) is 5.82 Å². The zero-order valence-electron chi connectivity index (χ0n) is 14.4. The van der Waals surface area contributed by atoms with Gasteiger partial charge in [0.25, 0.3) is 5.56 Å². The highest BCUT2D eigenvalue weighted by atomic mass is 32.1. The number of aromatic amines is 1. The molecule has 0 aromatic carbocycles. The molecule has 0 spiro atoms. The zero-order valence-corrected chi connectivity index (χ0v) is 15.3. The third-order valence-corrected chi connectivity index (χ3v) is 6.09. The first-order valence-corrected chi connectivity index (χ1v) is 9.79. The Hall–Kier alpha value is -1.20. The van der Waals surface area contributed by atoms with Gasteiger partial charge >= 0.3 is 0 Å². The molecule has 126 valence electrons. The van der Waals surface area contributed by atoms with E-state index >= 15 is 0 Å². The Kier molecular flexibility index (Phi) is 5.17. The maximum absolute atomic E-state index is 12.6. The van der Waals surface area contributed by atoms with Crippen molar-refractivity contribution in [2.24, 2.45) is 5.92 Å². The number of nitrogens with one attached hydrogen (secondary N) is 1. The van der Waals surface area contributed by atoms with Crippen LogP contribution in [0.2, 0.25) is 0 Å². The van der Waals surface area contributed by atoms with E-state index in [4.69, 9.17) is 4.98 Å². The number of quaternary nitrogens is 1. The van der Waals surface area contributed by atoms with E-state index < -0.39 is 0 Å². The minimum atomic E-state index is 0.0610. The summed E-state index contributed by atoms with van der Waals surface area (Å²) in [6.07, 6.45) is 7.04. The number of fused-ring (bicyclic) bond motifs is 3. The summed E-state index contributed by atoms with van der Waals surface area (Å²) >= 11 is 1.74. The third kappa shape index (κ3) is 3.50. The van der Waals surface area contributed by atoms with Crippen LogP contribution in [0.25, 0.3) is 10.2 Å². The highest BCUT2D eigenvalue weighted by Crippen LogP contribution is 2.35. The molecule has 0 saturated heterocycles. The summed E-state index contributed by atoms with van der Waals surface area (Å²) < 4.78 is 0. The Bertz CT molecular complexity index is 734. The molecule has 0 saturated carbocycles. The summed E-state index contributed by atoms with van der Waals surface area (Å²) in [4.78, 5) is 22.8. The second-order valence-electron chi connectivity index (χ2n) is 7.00. The first-order valence-electron chi connectivity index (χ1n) is 8.98. The minimum absolute atomic E-state index is 0.0610. The van der Waals surface area contributed by atoms with E-state index in [1.165, 1.54) is 36.1 Å². The van der Waals surface area contributed by atoms with Crippen LogP contribution in [0.15, 0.2) is 4.79 Å². The highest BCUT2D eigenvalue weighted by Gasteiger charge is 2.24. The normalized spacial score (nSPS) is 19.0. The van der Waals surface area contributed by atoms with Gasteiger partial charge in [-0.2, -0.15) is 0 Å². The van der Waals surface area contributed by atoms with Gasteiger partial charge in [0.05, 0.1) is 11.9 Å². The van der Waals surface area contributed by atoms with Crippen LogP contribution in [0.5, 0.6) is 0 Å². The molecule has 5 heteroatoms.